The molecular weight excluding hydrogens is 240 g/mol. The maximum absolute atomic E-state index is 6.07. The van der Waals surface area contributed by atoms with Crippen LogP contribution < -0.4 is 5.32 Å². The Morgan fingerprint density at radius 1 is 1.50 bits per heavy atom. The van der Waals surface area contributed by atoms with Gasteiger partial charge in [-0.3, -0.25) is 4.98 Å². The molecule has 2 aromatic rings. The van der Waals surface area contributed by atoms with Crippen LogP contribution in [0.3, 0.4) is 0 Å². The molecule has 0 bridgehead atoms. The predicted octanol–water partition coefficient (Wildman–Crippen LogP) is 4.36. The highest BCUT2D eigenvalue weighted by Gasteiger charge is 2.11. The third-order valence-corrected chi connectivity index (χ3v) is 3.68. The maximum Gasteiger partial charge on any atom is 0.0820 e. The van der Waals surface area contributed by atoms with E-state index in [0.29, 0.717) is 11.1 Å². The Labute approximate surface area is 104 Å². The third-order valence-electron chi connectivity index (χ3n) is 2.40. The van der Waals surface area contributed by atoms with Crippen molar-refractivity contribution in [3.63, 3.8) is 0 Å². The second-order valence-corrected chi connectivity index (χ2v) is 4.86. The van der Waals surface area contributed by atoms with Crippen LogP contribution in [0.15, 0.2) is 36.0 Å². The number of rotatable bonds is 4. The molecular formula is C12H13ClN2S. The molecule has 1 atom stereocenters. The summed E-state index contributed by atoms with van der Waals surface area (Å²) in [7, 11) is 0. The maximum atomic E-state index is 6.07. The molecule has 2 nitrogen and oxygen atoms in total. The Balaban J connectivity index is 2.17. The van der Waals surface area contributed by atoms with Gasteiger partial charge < -0.3 is 5.32 Å². The van der Waals surface area contributed by atoms with E-state index < -0.39 is 0 Å². The molecule has 4 heteroatoms. The first-order chi connectivity index (χ1) is 7.81. The highest BCUT2D eigenvalue weighted by atomic mass is 35.5. The largest absolute Gasteiger partial charge is 0.376 e. The molecule has 1 N–H and O–H groups in total. The molecule has 0 saturated carbocycles. The molecule has 84 valence electrons. The monoisotopic (exact) mass is 252 g/mol. The molecule has 1 unspecified atom stereocenters. The molecule has 0 fully saturated rings. The molecule has 0 aromatic carbocycles. The summed E-state index contributed by atoms with van der Waals surface area (Å²) in [5, 5.41) is 6.19. The number of halogens is 1. The van der Waals surface area contributed by atoms with Gasteiger partial charge in [-0.15, -0.1) is 11.3 Å². The Morgan fingerprint density at radius 3 is 3.00 bits per heavy atom. The number of hydrogen-bond acceptors (Lipinski definition) is 3. The van der Waals surface area contributed by atoms with Gasteiger partial charge >= 0.3 is 0 Å². The fourth-order valence-electron chi connectivity index (χ4n) is 1.54. The van der Waals surface area contributed by atoms with Crippen LogP contribution in [0.25, 0.3) is 0 Å². The zero-order valence-electron chi connectivity index (χ0n) is 8.98. The smallest absolute Gasteiger partial charge is 0.0820 e. The second kappa shape index (κ2) is 5.32. The normalized spacial score (nSPS) is 12.4. The van der Waals surface area contributed by atoms with Gasteiger partial charge in [-0.05, 0) is 23.9 Å². The topological polar surface area (TPSA) is 24.9 Å². The summed E-state index contributed by atoms with van der Waals surface area (Å²) in [5.74, 6) is 0. The van der Waals surface area contributed by atoms with Crippen molar-refractivity contribution >= 4 is 28.6 Å². The second-order valence-electron chi connectivity index (χ2n) is 3.48. The minimum atomic E-state index is 0.319. The number of thiophene rings is 1. The molecule has 2 heterocycles. The predicted molar refractivity (Wildman–Crippen MR) is 70.2 cm³/mol. The highest BCUT2D eigenvalue weighted by Crippen LogP contribution is 2.29. The number of anilines is 1. The van der Waals surface area contributed by atoms with Crippen LogP contribution in [0.5, 0.6) is 0 Å². The minimum absolute atomic E-state index is 0.319. The van der Waals surface area contributed by atoms with Crippen molar-refractivity contribution in [3.05, 3.63) is 45.9 Å². The van der Waals surface area contributed by atoms with Crippen LogP contribution in [0.1, 0.15) is 24.3 Å². The molecule has 0 saturated heterocycles. The Hall–Kier alpha value is -1.06. The van der Waals surface area contributed by atoms with Crippen LogP contribution in [0, 0.1) is 0 Å². The van der Waals surface area contributed by atoms with Crippen molar-refractivity contribution in [3.8, 4) is 0 Å². The van der Waals surface area contributed by atoms with Gasteiger partial charge in [-0.1, -0.05) is 24.6 Å². The lowest BCUT2D eigenvalue weighted by Gasteiger charge is -2.17. The first-order valence-corrected chi connectivity index (χ1v) is 6.46. The van der Waals surface area contributed by atoms with E-state index in [1.165, 1.54) is 4.88 Å². The molecule has 0 radical (unpaired) electrons. The SMILES string of the molecule is CCC(Nc1ccncc1Cl)c1cccs1. The Morgan fingerprint density at radius 2 is 2.38 bits per heavy atom. The van der Waals surface area contributed by atoms with Gasteiger partial charge in [-0.25, -0.2) is 0 Å². The van der Waals surface area contributed by atoms with E-state index >= 15 is 0 Å². The lowest BCUT2D eigenvalue weighted by atomic mass is 10.2. The summed E-state index contributed by atoms with van der Waals surface area (Å²) in [6.45, 7) is 2.16. The van der Waals surface area contributed by atoms with Gasteiger partial charge in [0, 0.05) is 17.3 Å². The summed E-state index contributed by atoms with van der Waals surface area (Å²) in [6.07, 6.45) is 4.43. The van der Waals surface area contributed by atoms with Crippen LogP contribution in [-0.4, -0.2) is 4.98 Å². The average Bonchev–Trinajstić information content (AvgIpc) is 2.81. The van der Waals surface area contributed by atoms with Crippen molar-refractivity contribution in [2.24, 2.45) is 0 Å². The quantitative estimate of drug-likeness (QED) is 0.875. The van der Waals surface area contributed by atoms with E-state index in [0.717, 1.165) is 12.1 Å². The van der Waals surface area contributed by atoms with Crippen LogP contribution >= 0.6 is 22.9 Å². The van der Waals surface area contributed by atoms with Gasteiger partial charge in [0.2, 0.25) is 0 Å². The first kappa shape index (κ1) is 11.4. The molecule has 0 amide bonds. The summed E-state index contributed by atoms with van der Waals surface area (Å²) >= 11 is 7.82. The molecule has 2 rings (SSSR count). The van der Waals surface area contributed by atoms with Crippen molar-refractivity contribution < 1.29 is 0 Å². The fourth-order valence-corrected chi connectivity index (χ4v) is 2.58. The third kappa shape index (κ3) is 2.54. The first-order valence-electron chi connectivity index (χ1n) is 5.20. The van der Waals surface area contributed by atoms with Crippen LogP contribution in [0.4, 0.5) is 5.69 Å². The Kier molecular flexibility index (Phi) is 3.80. The van der Waals surface area contributed by atoms with Gasteiger partial charge in [0.15, 0.2) is 0 Å². The lowest BCUT2D eigenvalue weighted by Crippen LogP contribution is -2.08. The number of nitrogens with zero attached hydrogens (tertiary/aromatic N) is 1. The molecule has 2 aromatic heterocycles. The summed E-state index contributed by atoms with van der Waals surface area (Å²) in [4.78, 5) is 5.30. The van der Waals surface area contributed by atoms with Crippen LogP contribution in [0.2, 0.25) is 5.02 Å². The van der Waals surface area contributed by atoms with Gasteiger partial charge in [0.25, 0.3) is 0 Å². The number of hydrogen-bond donors (Lipinski definition) is 1. The van der Waals surface area contributed by atoms with Crippen molar-refractivity contribution in [2.75, 3.05) is 5.32 Å². The summed E-state index contributed by atoms with van der Waals surface area (Å²) in [5.41, 5.74) is 0.942. The number of aromatic nitrogens is 1. The average molecular weight is 253 g/mol. The molecule has 0 aliphatic rings. The summed E-state index contributed by atoms with van der Waals surface area (Å²) < 4.78 is 0. The number of nitrogens with one attached hydrogen (secondary N) is 1. The van der Waals surface area contributed by atoms with Crippen molar-refractivity contribution in [1.29, 1.82) is 0 Å². The van der Waals surface area contributed by atoms with E-state index in [1.807, 2.05) is 6.07 Å². The van der Waals surface area contributed by atoms with Crippen molar-refractivity contribution in [1.82, 2.24) is 4.98 Å². The van der Waals surface area contributed by atoms with Gasteiger partial charge in [-0.2, -0.15) is 0 Å². The zero-order chi connectivity index (χ0) is 11.4. The van der Waals surface area contributed by atoms with Gasteiger partial charge in [0.1, 0.15) is 0 Å². The lowest BCUT2D eigenvalue weighted by molar-refractivity contribution is 0.764. The van der Waals surface area contributed by atoms with Crippen molar-refractivity contribution in [2.45, 2.75) is 19.4 Å². The van der Waals surface area contributed by atoms with E-state index in [9.17, 15) is 0 Å². The highest BCUT2D eigenvalue weighted by molar-refractivity contribution is 7.10. The molecule has 0 aliphatic carbocycles. The van der Waals surface area contributed by atoms with E-state index in [1.54, 1.807) is 23.7 Å². The molecule has 0 aliphatic heterocycles. The molecule has 0 spiro atoms. The fraction of sp³-hybridized carbons (Fsp3) is 0.250. The van der Waals surface area contributed by atoms with E-state index in [2.05, 4.69) is 34.7 Å². The van der Waals surface area contributed by atoms with E-state index in [-0.39, 0.29) is 0 Å². The minimum Gasteiger partial charge on any atom is -0.376 e. The zero-order valence-corrected chi connectivity index (χ0v) is 10.6. The van der Waals surface area contributed by atoms with E-state index in [4.69, 9.17) is 11.6 Å². The number of pyridine rings is 1. The standard InChI is InChI=1S/C12H13ClN2S/c1-2-10(12-4-3-7-16-12)15-11-5-6-14-8-9(11)13/h3-8,10H,2H2,1H3,(H,14,15). The van der Waals surface area contributed by atoms with Gasteiger partial charge in [0.05, 0.1) is 16.8 Å². The Bertz CT molecular complexity index is 442. The summed E-state index contributed by atoms with van der Waals surface area (Å²) in [6, 6.07) is 6.43. The molecule has 16 heavy (non-hydrogen) atoms. The van der Waals surface area contributed by atoms with Crippen LogP contribution in [-0.2, 0) is 0 Å².